The number of phenolic OH excluding ortho intramolecular Hbond substituents is 1. The zero-order valence-corrected chi connectivity index (χ0v) is 8.61. The van der Waals surface area contributed by atoms with Gasteiger partial charge in [0.05, 0.1) is 13.5 Å². The summed E-state index contributed by atoms with van der Waals surface area (Å²) in [4.78, 5) is 10.4. The maximum absolute atomic E-state index is 13.5. The lowest BCUT2D eigenvalue weighted by atomic mass is 10.0. The van der Waals surface area contributed by atoms with E-state index in [9.17, 15) is 14.3 Å². The summed E-state index contributed by atoms with van der Waals surface area (Å²) in [5.41, 5.74) is 5.43. The molecule has 0 bridgehead atoms. The summed E-state index contributed by atoms with van der Waals surface area (Å²) in [6.07, 6.45) is -0.414. The van der Waals surface area contributed by atoms with Gasteiger partial charge in [0.2, 0.25) is 0 Å². The van der Waals surface area contributed by atoms with Gasteiger partial charge >= 0.3 is 5.97 Å². The molecule has 16 heavy (non-hydrogen) atoms. The number of halogens is 1. The molecule has 0 saturated heterocycles. The average molecular weight is 229 g/mol. The zero-order valence-electron chi connectivity index (χ0n) is 8.61. The van der Waals surface area contributed by atoms with E-state index in [1.807, 2.05) is 0 Å². The highest BCUT2D eigenvalue weighted by molar-refractivity contribution is 5.68. The van der Waals surface area contributed by atoms with E-state index >= 15 is 0 Å². The van der Waals surface area contributed by atoms with E-state index < -0.39 is 30.0 Å². The Labute approximate surface area is 91.3 Å². The third-order valence-electron chi connectivity index (χ3n) is 2.12. The molecule has 0 aliphatic carbocycles. The van der Waals surface area contributed by atoms with E-state index in [2.05, 4.69) is 0 Å². The first-order valence-corrected chi connectivity index (χ1v) is 4.50. The second-order valence-electron chi connectivity index (χ2n) is 3.22. The van der Waals surface area contributed by atoms with Crippen LogP contribution in [0, 0.1) is 5.82 Å². The molecule has 0 spiro atoms. The molecule has 0 amide bonds. The molecule has 5 nitrogen and oxygen atoms in total. The van der Waals surface area contributed by atoms with E-state index in [1.54, 1.807) is 0 Å². The molecule has 1 aromatic rings. The number of aliphatic carboxylic acids is 1. The Balaban J connectivity index is 3.06. The van der Waals surface area contributed by atoms with Gasteiger partial charge in [0.15, 0.2) is 17.3 Å². The van der Waals surface area contributed by atoms with Gasteiger partial charge in [0, 0.05) is 11.6 Å². The Hall–Kier alpha value is -1.82. The number of carboxylic acid groups (broad SMARTS) is 1. The Morgan fingerprint density at radius 1 is 1.62 bits per heavy atom. The second-order valence-corrected chi connectivity index (χ2v) is 3.22. The standard InChI is InChI=1S/C10H12FNO4/c1-16-7-3-2-5(9(11)10(7)15)6(12)4-8(13)14/h2-3,6,15H,4,12H2,1H3,(H,13,14). The number of nitrogens with two attached hydrogens (primary N) is 1. The van der Waals surface area contributed by atoms with Crippen molar-refractivity contribution in [1.82, 2.24) is 0 Å². The van der Waals surface area contributed by atoms with Gasteiger partial charge in [-0.15, -0.1) is 0 Å². The molecule has 0 aromatic heterocycles. The number of ether oxygens (including phenoxy) is 1. The number of hydrogen-bond acceptors (Lipinski definition) is 4. The van der Waals surface area contributed by atoms with Crippen LogP contribution in [0.1, 0.15) is 18.0 Å². The molecular formula is C10H12FNO4. The SMILES string of the molecule is COc1ccc(C(N)CC(=O)O)c(F)c1O. The highest BCUT2D eigenvalue weighted by atomic mass is 19.1. The van der Waals surface area contributed by atoms with Crippen molar-refractivity contribution in [1.29, 1.82) is 0 Å². The van der Waals surface area contributed by atoms with Crippen molar-refractivity contribution in [2.45, 2.75) is 12.5 Å². The number of carboxylic acids is 1. The fourth-order valence-electron chi connectivity index (χ4n) is 1.31. The number of methoxy groups -OCH3 is 1. The van der Waals surface area contributed by atoms with Gasteiger partial charge < -0.3 is 20.7 Å². The van der Waals surface area contributed by atoms with Crippen LogP contribution in [0.4, 0.5) is 4.39 Å². The van der Waals surface area contributed by atoms with Crippen molar-refractivity contribution in [3.63, 3.8) is 0 Å². The van der Waals surface area contributed by atoms with Crippen LogP contribution in [0.2, 0.25) is 0 Å². The van der Waals surface area contributed by atoms with Crippen molar-refractivity contribution in [3.05, 3.63) is 23.5 Å². The molecule has 1 rings (SSSR count). The molecule has 88 valence electrons. The summed E-state index contributed by atoms with van der Waals surface area (Å²) >= 11 is 0. The molecule has 1 atom stereocenters. The predicted molar refractivity (Wildman–Crippen MR) is 53.8 cm³/mol. The van der Waals surface area contributed by atoms with Crippen molar-refractivity contribution in [3.8, 4) is 11.5 Å². The summed E-state index contributed by atoms with van der Waals surface area (Å²) in [6.45, 7) is 0. The third-order valence-corrected chi connectivity index (χ3v) is 2.12. The molecular weight excluding hydrogens is 217 g/mol. The van der Waals surface area contributed by atoms with Gasteiger partial charge in [-0.2, -0.15) is 0 Å². The lowest BCUT2D eigenvalue weighted by Gasteiger charge is -2.13. The highest BCUT2D eigenvalue weighted by Gasteiger charge is 2.19. The van der Waals surface area contributed by atoms with Crippen LogP contribution < -0.4 is 10.5 Å². The minimum atomic E-state index is -1.14. The van der Waals surface area contributed by atoms with Crippen LogP contribution in [-0.2, 0) is 4.79 Å². The predicted octanol–water partition coefficient (Wildman–Crippen LogP) is 1.01. The quantitative estimate of drug-likeness (QED) is 0.716. The molecule has 1 aromatic carbocycles. The topological polar surface area (TPSA) is 92.8 Å². The minimum Gasteiger partial charge on any atom is -0.502 e. The smallest absolute Gasteiger partial charge is 0.305 e. The van der Waals surface area contributed by atoms with Crippen LogP contribution in [0.25, 0.3) is 0 Å². The second kappa shape index (κ2) is 4.80. The summed E-state index contributed by atoms with van der Waals surface area (Å²) in [7, 11) is 1.28. The van der Waals surface area contributed by atoms with Crippen LogP contribution >= 0.6 is 0 Å². The summed E-state index contributed by atoms with van der Waals surface area (Å²) < 4.78 is 18.2. The Morgan fingerprint density at radius 3 is 2.75 bits per heavy atom. The normalized spacial score (nSPS) is 12.2. The number of rotatable bonds is 4. The van der Waals surface area contributed by atoms with Crippen molar-refractivity contribution in [2.24, 2.45) is 5.73 Å². The third kappa shape index (κ3) is 2.40. The minimum absolute atomic E-state index is 0.0243. The van der Waals surface area contributed by atoms with E-state index in [-0.39, 0.29) is 11.3 Å². The summed E-state index contributed by atoms with van der Waals surface area (Å²) in [5.74, 6) is -2.78. The molecule has 0 radical (unpaired) electrons. The monoisotopic (exact) mass is 229 g/mol. The van der Waals surface area contributed by atoms with Crippen LogP contribution in [0.3, 0.4) is 0 Å². The fourth-order valence-corrected chi connectivity index (χ4v) is 1.31. The summed E-state index contributed by atoms with van der Waals surface area (Å²) in [5, 5.41) is 17.9. The van der Waals surface area contributed by atoms with Crippen LogP contribution in [0.5, 0.6) is 11.5 Å². The maximum Gasteiger partial charge on any atom is 0.305 e. The molecule has 0 aliphatic heterocycles. The average Bonchev–Trinajstić information content (AvgIpc) is 2.20. The number of carbonyl (C=O) groups is 1. The Bertz CT molecular complexity index is 408. The lowest BCUT2D eigenvalue weighted by molar-refractivity contribution is -0.137. The van der Waals surface area contributed by atoms with Crippen molar-refractivity contribution in [2.75, 3.05) is 7.11 Å². The fraction of sp³-hybridized carbons (Fsp3) is 0.300. The van der Waals surface area contributed by atoms with Crippen molar-refractivity contribution >= 4 is 5.97 Å². The lowest BCUT2D eigenvalue weighted by Crippen LogP contribution is -2.16. The molecule has 0 heterocycles. The van der Waals surface area contributed by atoms with Gasteiger partial charge in [-0.1, -0.05) is 6.07 Å². The first-order valence-electron chi connectivity index (χ1n) is 4.50. The summed E-state index contributed by atoms with van der Waals surface area (Å²) in [6, 6.07) is 1.62. The molecule has 0 aliphatic rings. The van der Waals surface area contributed by atoms with Gasteiger partial charge in [0.1, 0.15) is 0 Å². The van der Waals surface area contributed by atoms with Crippen LogP contribution in [-0.4, -0.2) is 23.3 Å². The first-order chi connectivity index (χ1) is 7.47. The largest absolute Gasteiger partial charge is 0.502 e. The molecule has 0 fully saturated rings. The van der Waals surface area contributed by atoms with E-state index in [0.29, 0.717) is 0 Å². The number of benzene rings is 1. The molecule has 6 heteroatoms. The van der Waals surface area contributed by atoms with Crippen LogP contribution in [0.15, 0.2) is 12.1 Å². The van der Waals surface area contributed by atoms with Crippen molar-refractivity contribution < 1.29 is 24.1 Å². The zero-order chi connectivity index (χ0) is 12.3. The van der Waals surface area contributed by atoms with Gasteiger partial charge in [-0.25, -0.2) is 4.39 Å². The highest BCUT2D eigenvalue weighted by Crippen LogP contribution is 2.33. The molecule has 1 unspecified atom stereocenters. The van der Waals surface area contributed by atoms with E-state index in [4.69, 9.17) is 15.6 Å². The van der Waals surface area contributed by atoms with E-state index in [1.165, 1.54) is 19.2 Å². The molecule has 0 saturated carbocycles. The number of phenols is 1. The number of aromatic hydroxyl groups is 1. The Kier molecular flexibility index (Phi) is 3.68. The van der Waals surface area contributed by atoms with Gasteiger partial charge in [0.25, 0.3) is 0 Å². The first kappa shape index (κ1) is 12.3. The van der Waals surface area contributed by atoms with E-state index in [0.717, 1.165) is 0 Å². The van der Waals surface area contributed by atoms with Gasteiger partial charge in [-0.3, -0.25) is 4.79 Å². The number of hydrogen-bond donors (Lipinski definition) is 3. The maximum atomic E-state index is 13.5. The molecule has 4 N–H and O–H groups in total. The van der Waals surface area contributed by atoms with Gasteiger partial charge in [-0.05, 0) is 6.07 Å². The Morgan fingerprint density at radius 2 is 2.25 bits per heavy atom.